The Morgan fingerprint density at radius 1 is 1.36 bits per heavy atom. The number of H-pyrrole nitrogens is 1. The minimum absolute atomic E-state index is 0.0208. The van der Waals surface area contributed by atoms with Crippen molar-refractivity contribution >= 4 is 22.7 Å². The summed E-state index contributed by atoms with van der Waals surface area (Å²) < 4.78 is 13.5. The number of nitrogens with one attached hydrogen (secondary N) is 2. The maximum atomic E-state index is 13.5. The first-order valence-electron chi connectivity index (χ1n) is 9.30. The predicted octanol–water partition coefficient (Wildman–Crippen LogP) is 2.41. The van der Waals surface area contributed by atoms with E-state index < -0.39 is 0 Å². The van der Waals surface area contributed by atoms with E-state index in [2.05, 4.69) is 15.3 Å². The zero-order valence-electron chi connectivity index (χ0n) is 15.3. The average Bonchev–Trinajstić information content (AvgIpc) is 3.28. The molecule has 1 saturated heterocycles. The predicted molar refractivity (Wildman–Crippen MR) is 103 cm³/mol. The molecule has 1 atom stereocenters. The number of pyridine rings is 1. The van der Waals surface area contributed by atoms with E-state index in [0.29, 0.717) is 26.1 Å². The zero-order valence-corrected chi connectivity index (χ0v) is 15.3. The first kappa shape index (κ1) is 18.2. The van der Waals surface area contributed by atoms with E-state index in [1.807, 2.05) is 18.3 Å². The first-order valence-corrected chi connectivity index (χ1v) is 9.30. The van der Waals surface area contributed by atoms with Gasteiger partial charge in [-0.15, -0.1) is 0 Å². The SMILES string of the molecule is O=C(NCc1cccnc1)[C@@H]1CC(=O)N(CCc2c[nH]c3ccc(F)cc23)C1. The number of rotatable bonds is 6. The smallest absolute Gasteiger partial charge is 0.225 e. The van der Waals surface area contributed by atoms with Gasteiger partial charge >= 0.3 is 0 Å². The molecular formula is C21H21FN4O2. The van der Waals surface area contributed by atoms with Gasteiger partial charge in [-0.3, -0.25) is 14.6 Å². The fourth-order valence-corrected chi connectivity index (χ4v) is 3.61. The van der Waals surface area contributed by atoms with Crippen LogP contribution in [0.25, 0.3) is 10.9 Å². The molecule has 28 heavy (non-hydrogen) atoms. The fourth-order valence-electron chi connectivity index (χ4n) is 3.61. The second-order valence-electron chi connectivity index (χ2n) is 7.07. The summed E-state index contributed by atoms with van der Waals surface area (Å²) in [5.41, 5.74) is 2.76. The maximum absolute atomic E-state index is 13.5. The minimum Gasteiger partial charge on any atom is -0.361 e. The molecule has 4 rings (SSSR count). The lowest BCUT2D eigenvalue weighted by Gasteiger charge is -2.16. The molecular weight excluding hydrogens is 359 g/mol. The third kappa shape index (κ3) is 3.88. The number of hydrogen-bond donors (Lipinski definition) is 2. The fraction of sp³-hybridized carbons (Fsp3) is 0.286. The number of aromatic amines is 1. The summed E-state index contributed by atoms with van der Waals surface area (Å²) in [6.07, 6.45) is 6.07. The largest absolute Gasteiger partial charge is 0.361 e. The Labute approximate surface area is 161 Å². The summed E-state index contributed by atoms with van der Waals surface area (Å²) in [7, 11) is 0. The van der Waals surface area contributed by atoms with Gasteiger partial charge in [0.2, 0.25) is 11.8 Å². The topological polar surface area (TPSA) is 78.1 Å². The molecule has 0 spiro atoms. The standard InChI is InChI=1S/C21H21FN4O2/c22-17-3-4-19-18(9-17)15(12-24-19)5-7-26-13-16(8-20(26)27)21(28)25-11-14-2-1-6-23-10-14/h1-4,6,9-10,12,16,24H,5,7-8,11,13H2,(H,25,28)/t16-/m1/s1. The van der Waals surface area contributed by atoms with Gasteiger partial charge in [-0.1, -0.05) is 6.07 Å². The highest BCUT2D eigenvalue weighted by molar-refractivity contribution is 5.89. The molecule has 3 aromatic rings. The number of nitrogens with zero attached hydrogens (tertiary/aromatic N) is 2. The molecule has 0 unspecified atom stereocenters. The van der Waals surface area contributed by atoms with E-state index in [0.717, 1.165) is 22.0 Å². The van der Waals surface area contributed by atoms with Crippen LogP contribution in [0.15, 0.2) is 48.9 Å². The summed E-state index contributed by atoms with van der Waals surface area (Å²) in [5, 5.41) is 3.71. The lowest BCUT2D eigenvalue weighted by atomic mass is 10.1. The van der Waals surface area contributed by atoms with Crippen molar-refractivity contribution in [1.82, 2.24) is 20.2 Å². The Morgan fingerprint density at radius 2 is 2.25 bits per heavy atom. The van der Waals surface area contributed by atoms with Gasteiger partial charge in [0.15, 0.2) is 0 Å². The van der Waals surface area contributed by atoms with Gasteiger partial charge in [0, 0.05) is 55.5 Å². The normalized spacial score (nSPS) is 16.7. The van der Waals surface area contributed by atoms with Gasteiger partial charge < -0.3 is 15.2 Å². The van der Waals surface area contributed by atoms with E-state index in [1.54, 1.807) is 23.4 Å². The van der Waals surface area contributed by atoms with Crippen LogP contribution in [0.2, 0.25) is 0 Å². The quantitative estimate of drug-likeness (QED) is 0.689. The number of likely N-dealkylation sites (tertiary alicyclic amines) is 1. The second kappa shape index (κ2) is 7.80. The van der Waals surface area contributed by atoms with Gasteiger partial charge in [0.25, 0.3) is 0 Å². The van der Waals surface area contributed by atoms with Crippen LogP contribution in [0.1, 0.15) is 17.5 Å². The number of carbonyl (C=O) groups is 2. The summed E-state index contributed by atoms with van der Waals surface area (Å²) in [6, 6.07) is 8.34. The minimum atomic E-state index is -0.343. The lowest BCUT2D eigenvalue weighted by Crippen LogP contribution is -2.33. The van der Waals surface area contributed by atoms with Gasteiger partial charge in [-0.05, 0) is 41.8 Å². The van der Waals surface area contributed by atoms with E-state index >= 15 is 0 Å². The molecule has 2 N–H and O–H groups in total. The molecule has 1 aliphatic heterocycles. The number of aromatic nitrogens is 2. The van der Waals surface area contributed by atoms with Crippen molar-refractivity contribution in [1.29, 1.82) is 0 Å². The molecule has 6 nitrogen and oxygen atoms in total. The number of halogens is 1. The molecule has 3 heterocycles. The molecule has 1 aliphatic rings. The highest BCUT2D eigenvalue weighted by Gasteiger charge is 2.33. The average molecular weight is 380 g/mol. The van der Waals surface area contributed by atoms with Crippen LogP contribution in [0.5, 0.6) is 0 Å². The molecule has 144 valence electrons. The van der Waals surface area contributed by atoms with Crippen molar-refractivity contribution in [3.05, 3.63) is 65.9 Å². The van der Waals surface area contributed by atoms with E-state index in [-0.39, 0.29) is 30.0 Å². The van der Waals surface area contributed by atoms with Crippen molar-refractivity contribution in [2.75, 3.05) is 13.1 Å². The third-order valence-corrected chi connectivity index (χ3v) is 5.16. The molecule has 2 amide bonds. The summed E-state index contributed by atoms with van der Waals surface area (Å²) in [6.45, 7) is 1.32. The molecule has 0 saturated carbocycles. The molecule has 7 heteroatoms. The Hall–Kier alpha value is -3.22. The van der Waals surface area contributed by atoms with E-state index in [1.165, 1.54) is 12.1 Å². The number of amides is 2. The molecule has 1 aromatic carbocycles. The zero-order chi connectivity index (χ0) is 19.5. The van der Waals surface area contributed by atoms with Crippen LogP contribution in [-0.4, -0.2) is 39.8 Å². The maximum Gasteiger partial charge on any atom is 0.225 e. The number of carbonyl (C=O) groups excluding carboxylic acids is 2. The van der Waals surface area contributed by atoms with Crippen LogP contribution in [0.4, 0.5) is 4.39 Å². The van der Waals surface area contributed by atoms with Gasteiger partial charge in [0.05, 0.1) is 5.92 Å². The molecule has 2 aromatic heterocycles. The van der Waals surface area contributed by atoms with Gasteiger partial charge in [-0.25, -0.2) is 4.39 Å². The number of hydrogen-bond acceptors (Lipinski definition) is 3. The lowest BCUT2D eigenvalue weighted by molar-refractivity contribution is -0.129. The van der Waals surface area contributed by atoms with Crippen LogP contribution >= 0.6 is 0 Å². The Morgan fingerprint density at radius 3 is 3.07 bits per heavy atom. The van der Waals surface area contributed by atoms with Crippen molar-refractivity contribution < 1.29 is 14.0 Å². The Kier molecular flexibility index (Phi) is 5.06. The van der Waals surface area contributed by atoms with Gasteiger partial charge in [-0.2, -0.15) is 0 Å². The van der Waals surface area contributed by atoms with Gasteiger partial charge in [0.1, 0.15) is 5.82 Å². The van der Waals surface area contributed by atoms with Crippen molar-refractivity contribution in [2.24, 2.45) is 5.92 Å². The van der Waals surface area contributed by atoms with Crippen molar-refractivity contribution in [3.8, 4) is 0 Å². The third-order valence-electron chi connectivity index (χ3n) is 5.16. The molecule has 0 radical (unpaired) electrons. The van der Waals surface area contributed by atoms with Crippen LogP contribution < -0.4 is 5.32 Å². The Balaban J connectivity index is 1.33. The van der Waals surface area contributed by atoms with Crippen LogP contribution in [0.3, 0.4) is 0 Å². The van der Waals surface area contributed by atoms with Crippen molar-refractivity contribution in [3.63, 3.8) is 0 Å². The summed E-state index contributed by atoms with van der Waals surface area (Å²) in [4.78, 5) is 33.6. The van der Waals surface area contributed by atoms with Crippen LogP contribution in [0, 0.1) is 11.7 Å². The molecule has 1 fully saturated rings. The number of fused-ring (bicyclic) bond motifs is 1. The summed E-state index contributed by atoms with van der Waals surface area (Å²) >= 11 is 0. The molecule has 0 aliphatic carbocycles. The van der Waals surface area contributed by atoms with Crippen LogP contribution in [-0.2, 0) is 22.6 Å². The van der Waals surface area contributed by atoms with Crippen molar-refractivity contribution in [2.45, 2.75) is 19.4 Å². The summed E-state index contributed by atoms with van der Waals surface area (Å²) in [5.74, 6) is -0.762. The van der Waals surface area contributed by atoms with E-state index in [9.17, 15) is 14.0 Å². The monoisotopic (exact) mass is 380 g/mol. The highest BCUT2D eigenvalue weighted by Crippen LogP contribution is 2.22. The highest BCUT2D eigenvalue weighted by atomic mass is 19.1. The Bertz CT molecular complexity index is 1000. The number of benzene rings is 1. The molecule has 0 bridgehead atoms. The first-order chi connectivity index (χ1) is 13.6. The van der Waals surface area contributed by atoms with E-state index in [4.69, 9.17) is 0 Å². The second-order valence-corrected chi connectivity index (χ2v) is 7.07.